The van der Waals surface area contributed by atoms with Gasteiger partial charge in [0.15, 0.2) is 11.5 Å². The van der Waals surface area contributed by atoms with E-state index < -0.39 is 12.1 Å². The van der Waals surface area contributed by atoms with Gasteiger partial charge in [0.05, 0.1) is 25.4 Å². The summed E-state index contributed by atoms with van der Waals surface area (Å²) in [5, 5.41) is 17.3. The molecule has 9 heteroatoms. The number of nitrogens with two attached hydrogens (primary N) is 1. The third kappa shape index (κ3) is 6.70. The minimum atomic E-state index is -0.833. The summed E-state index contributed by atoms with van der Waals surface area (Å²) in [5.41, 5.74) is 5.89. The van der Waals surface area contributed by atoms with Crippen molar-refractivity contribution in [2.24, 2.45) is 5.73 Å². The maximum Gasteiger partial charge on any atom is 0.300 e. The first-order chi connectivity index (χ1) is 12.8. The number of methoxy groups -OCH3 is 2. The van der Waals surface area contributed by atoms with Crippen LogP contribution in [0.25, 0.3) is 0 Å². The number of rotatable bonds is 7. The second-order valence-corrected chi connectivity index (χ2v) is 5.90. The normalized spacial score (nSPS) is 18.5. The number of carboxylic acid groups (broad SMARTS) is 1. The van der Waals surface area contributed by atoms with Crippen LogP contribution in [0.4, 0.5) is 0 Å². The SMILES string of the molecule is CC(=O)O.COc1cccc(C(=O)N2C[C@H](OC)[C@@H](O)C2)c1OCCCN. The molecule has 1 amide bonds. The summed E-state index contributed by atoms with van der Waals surface area (Å²) < 4.78 is 16.2. The fourth-order valence-electron chi connectivity index (χ4n) is 2.58. The molecule has 0 aliphatic carbocycles. The highest BCUT2D eigenvalue weighted by atomic mass is 16.5. The highest BCUT2D eigenvalue weighted by molar-refractivity contribution is 5.98. The smallest absolute Gasteiger partial charge is 0.300 e. The summed E-state index contributed by atoms with van der Waals surface area (Å²) in [5.74, 6) is -0.148. The molecule has 0 aromatic heterocycles. The third-order valence-electron chi connectivity index (χ3n) is 3.85. The molecule has 0 bridgehead atoms. The Morgan fingerprint density at radius 1 is 1.30 bits per heavy atom. The molecule has 9 nitrogen and oxygen atoms in total. The Labute approximate surface area is 158 Å². The largest absolute Gasteiger partial charge is 0.493 e. The molecule has 1 aliphatic rings. The van der Waals surface area contributed by atoms with E-state index in [1.165, 1.54) is 14.2 Å². The average Bonchev–Trinajstić information content (AvgIpc) is 3.01. The Kier molecular flexibility index (Phi) is 9.55. The number of aliphatic carboxylic acids is 1. The summed E-state index contributed by atoms with van der Waals surface area (Å²) in [6.45, 7) is 2.57. The Bertz CT molecular complexity index is 620. The number of carbonyl (C=O) groups is 2. The van der Waals surface area contributed by atoms with Crippen LogP contribution in [0.3, 0.4) is 0 Å². The van der Waals surface area contributed by atoms with Crippen LogP contribution in [0, 0.1) is 0 Å². The van der Waals surface area contributed by atoms with Crippen molar-refractivity contribution in [1.29, 1.82) is 0 Å². The Morgan fingerprint density at radius 3 is 2.48 bits per heavy atom. The van der Waals surface area contributed by atoms with Gasteiger partial charge in [0.2, 0.25) is 0 Å². The van der Waals surface area contributed by atoms with Crippen molar-refractivity contribution < 1.29 is 34.0 Å². The van der Waals surface area contributed by atoms with Crippen LogP contribution in [0.15, 0.2) is 18.2 Å². The van der Waals surface area contributed by atoms with Gasteiger partial charge in [-0.3, -0.25) is 9.59 Å². The third-order valence-corrected chi connectivity index (χ3v) is 3.85. The molecule has 2 rings (SSSR count). The number of nitrogens with zero attached hydrogens (tertiary/aromatic N) is 1. The molecule has 1 saturated heterocycles. The van der Waals surface area contributed by atoms with Gasteiger partial charge in [0, 0.05) is 27.1 Å². The van der Waals surface area contributed by atoms with Gasteiger partial charge in [0.25, 0.3) is 11.9 Å². The molecule has 0 spiro atoms. The fourth-order valence-corrected chi connectivity index (χ4v) is 2.58. The number of hydrogen-bond acceptors (Lipinski definition) is 7. The summed E-state index contributed by atoms with van der Waals surface area (Å²) in [6, 6.07) is 5.17. The Morgan fingerprint density at radius 2 is 1.96 bits per heavy atom. The van der Waals surface area contributed by atoms with Crippen molar-refractivity contribution in [3.8, 4) is 11.5 Å². The van der Waals surface area contributed by atoms with Gasteiger partial charge in [-0.05, 0) is 25.1 Å². The van der Waals surface area contributed by atoms with E-state index in [4.69, 9.17) is 29.8 Å². The molecule has 1 fully saturated rings. The summed E-state index contributed by atoms with van der Waals surface area (Å²) >= 11 is 0. The number of hydrogen-bond donors (Lipinski definition) is 3. The topological polar surface area (TPSA) is 132 Å². The zero-order chi connectivity index (χ0) is 20.4. The van der Waals surface area contributed by atoms with E-state index >= 15 is 0 Å². The molecule has 1 heterocycles. The fraction of sp³-hybridized carbons (Fsp3) is 0.556. The van der Waals surface area contributed by atoms with Crippen LogP contribution in [0.1, 0.15) is 23.7 Å². The lowest BCUT2D eigenvalue weighted by Gasteiger charge is -2.19. The zero-order valence-electron chi connectivity index (χ0n) is 15.9. The quantitative estimate of drug-likeness (QED) is 0.574. The van der Waals surface area contributed by atoms with E-state index in [2.05, 4.69) is 0 Å². The minimum Gasteiger partial charge on any atom is -0.493 e. The molecule has 0 radical (unpaired) electrons. The molecular weight excluding hydrogens is 356 g/mol. The number of β-amino-alcohol motifs (C(OH)–C–C–N with tert-alkyl or cyclic N) is 1. The maximum atomic E-state index is 12.8. The van der Waals surface area contributed by atoms with Gasteiger partial charge in [-0.15, -0.1) is 0 Å². The van der Waals surface area contributed by atoms with Crippen molar-refractivity contribution in [2.45, 2.75) is 25.6 Å². The maximum absolute atomic E-state index is 12.8. The van der Waals surface area contributed by atoms with Crippen molar-refractivity contribution >= 4 is 11.9 Å². The highest BCUT2D eigenvalue weighted by Crippen LogP contribution is 2.32. The van der Waals surface area contributed by atoms with Gasteiger partial charge >= 0.3 is 0 Å². The van der Waals surface area contributed by atoms with E-state index in [1.54, 1.807) is 23.1 Å². The summed E-state index contributed by atoms with van der Waals surface area (Å²) in [7, 11) is 3.05. The molecule has 2 atom stereocenters. The van der Waals surface area contributed by atoms with E-state index in [9.17, 15) is 9.90 Å². The number of carbonyl (C=O) groups excluding carboxylic acids is 1. The monoisotopic (exact) mass is 384 g/mol. The number of aliphatic hydroxyl groups is 1. The number of amides is 1. The first-order valence-corrected chi connectivity index (χ1v) is 8.55. The van der Waals surface area contributed by atoms with E-state index in [0.717, 1.165) is 6.92 Å². The first-order valence-electron chi connectivity index (χ1n) is 8.55. The van der Waals surface area contributed by atoms with Crippen molar-refractivity contribution in [3.63, 3.8) is 0 Å². The number of likely N-dealkylation sites (tertiary alicyclic amines) is 1. The second kappa shape index (κ2) is 11.4. The molecule has 1 aliphatic heterocycles. The standard InChI is InChI=1S/C16H24N2O5.C2H4O2/c1-21-13-6-3-5-11(15(13)23-8-4-7-17)16(20)18-9-12(19)14(10-18)22-2;1-2(3)4/h3,5-6,12,14,19H,4,7-10,17H2,1-2H3;1H3,(H,3,4)/t12-,14-;/m0./s1. The van der Waals surface area contributed by atoms with Crippen LogP contribution in [-0.2, 0) is 9.53 Å². The number of carboxylic acids is 1. The lowest BCUT2D eigenvalue weighted by Crippen LogP contribution is -2.30. The minimum absolute atomic E-state index is 0.217. The lowest BCUT2D eigenvalue weighted by molar-refractivity contribution is -0.134. The van der Waals surface area contributed by atoms with Crippen molar-refractivity contribution in [2.75, 3.05) is 40.5 Å². The first kappa shape index (κ1) is 22.7. The summed E-state index contributed by atoms with van der Waals surface area (Å²) in [4.78, 5) is 23.3. The highest BCUT2D eigenvalue weighted by Gasteiger charge is 2.35. The predicted molar refractivity (Wildman–Crippen MR) is 98.2 cm³/mol. The van der Waals surface area contributed by atoms with Gasteiger partial charge in [0.1, 0.15) is 6.10 Å². The van der Waals surface area contributed by atoms with Crippen LogP contribution in [-0.4, -0.2) is 79.7 Å². The van der Waals surface area contributed by atoms with E-state index in [0.29, 0.717) is 43.2 Å². The molecular formula is C18H28N2O7. The van der Waals surface area contributed by atoms with E-state index in [-0.39, 0.29) is 18.6 Å². The van der Waals surface area contributed by atoms with Crippen LogP contribution in [0.2, 0.25) is 0 Å². The van der Waals surface area contributed by atoms with Gasteiger partial charge in [-0.1, -0.05) is 6.07 Å². The number of aliphatic hydroxyl groups excluding tert-OH is 1. The van der Waals surface area contributed by atoms with Crippen molar-refractivity contribution in [3.05, 3.63) is 23.8 Å². The zero-order valence-corrected chi connectivity index (χ0v) is 15.9. The van der Waals surface area contributed by atoms with Gasteiger partial charge < -0.3 is 35.1 Å². The predicted octanol–water partition coefficient (Wildman–Crippen LogP) is 0.345. The Hall–Kier alpha value is -2.36. The lowest BCUT2D eigenvalue weighted by atomic mass is 10.1. The molecule has 0 unspecified atom stereocenters. The second-order valence-electron chi connectivity index (χ2n) is 5.90. The molecule has 4 N–H and O–H groups in total. The molecule has 27 heavy (non-hydrogen) atoms. The molecule has 1 aromatic carbocycles. The van der Waals surface area contributed by atoms with Crippen LogP contribution < -0.4 is 15.2 Å². The van der Waals surface area contributed by atoms with E-state index in [1.807, 2.05) is 0 Å². The number of ether oxygens (including phenoxy) is 3. The van der Waals surface area contributed by atoms with Crippen molar-refractivity contribution in [1.82, 2.24) is 4.90 Å². The van der Waals surface area contributed by atoms with Crippen LogP contribution >= 0.6 is 0 Å². The van der Waals surface area contributed by atoms with Crippen LogP contribution in [0.5, 0.6) is 11.5 Å². The van der Waals surface area contributed by atoms with Gasteiger partial charge in [-0.25, -0.2) is 0 Å². The average molecular weight is 384 g/mol. The molecule has 152 valence electrons. The van der Waals surface area contributed by atoms with Gasteiger partial charge in [-0.2, -0.15) is 0 Å². The Balaban J connectivity index is 0.000000828. The summed E-state index contributed by atoms with van der Waals surface area (Å²) in [6.07, 6.45) is -0.373. The number of benzene rings is 1. The molecule has 0 saturated carbocycles. The number of para-hydroxylation sites is 1. The molecule has 1 aromatic rings.